The Morgan fingerprint density at radius 2 is 1.59 bits per heavy atom. The predicted molar refractivity (Wildman–Crippen MR) is 114 cm³/mol. The molecule has 0 atom stereocenters. The average Bonchev–Trinajstić information content (AvgIpc) is 2.70. The highest BCUT2D eigenvalue weighted by Crippen LogP contribution is 2.20. The summed E-state index contributed by atoms with van der Waals surface area (Å²) < 4.78 is 27.9. The molecule has 2 aromatic carbocycles. The first-order valence-electron chi connectivity index (χ1n) is 9.53. The molecule has 1 fully saturated rings. The maximum atomic E-state index is 13.3. The van der Waals surface area contributed by atoms with E-state index in [2.05, 4.69) is 4.90 Å². The van der Waals surface area contributed by atoms with Crippen molar-refractivity contribution in [2.75, 3.05) is 39.8 Å². The van der Waals surface area contributed by atoms with Gasteiger partial charge in [0.25, 0.3) is 0 Å². The van der Waals surface area contributed by atoms with Crippen molar-refractivity contribution in [3.8, 4) is 0 Å². The van der Waals surface area contributed by atoms with Crippen molar-refractivity contribution in [2.45, 2.75) is 18.4 Å². The zero-order valence-corrected chi connectivity index (χ0v) is 18.3. The van der Waals surface area contributed by atoms with Gasteiger partial charge in [-0.3, -0.25) is 4.79 Å². The van der Waals surface area contributed by atoms with Crippen LogP contribution in [-0.4, -0.2) is 68.2 Å². The van der Waals surface area contributed by atoms with E-state index in [9.17, 15) is 13.2 Å². The van der Waals surface area contributed by atoms with Crippen LogP contribution in [0.4, 0.5) is 0 Å². The number of carbonyl (C=O) groups is 1. The molecule has 1 amide bonds. The summed E-state index contributed by atoms with van der Waals surface area (Å²) in [6, 6.07) is 13.7. The highest BCUT2D eigenvalue weighted by molar-refractivity contribution is 7.89. The Labute approximate surface area is 177 Å². The Kier molecular flexibility index (Phi) is 6.95. The molecule has 0 N–H and O–H groups in total. The van der Waals surface area contributed by atoms with Crippen LogP contribution in [0.5, 0.6) is 0 Å². The minimum Gasteiger partial charge on any atom is -0.339 e. The van der Waals surface area contributed by atoms with Crippen molar-refractivity contribution in [2.24, 2.45) is 0 Å². The lowest BCUT2D eigenvalue weighted by Crippen LogP contribution is -2.50. The van der Waals surface area contributed by atoms with Crippen molar-refractivity contribution in [1.29, 1.82) is 0 Å². The molecule has 0 aromatic heterocycles. The third-order valence-corrected chi connectivity index (χ3v) is 7.16. The van der Waals surface area contributed by atoms with E-state index in [1.54, 1.807) is 53.4 Å². The van der Waals surface area contributed by atoms with Crippen molar-refractivity contribution >= 4 is 27.5 Å². The highest BCUT2D eigenvalue weighted by Gasteiger charge is 2.29. The summed E-state index contributed by atoms with van der Waals surface area (Å²) in [6.07, 6.45) is 0. The number of sulfonamides is 1. The van der Waals surface area contributed by atoms with Gasteiger partial charge in [0, 0.05) is 37.7 Å². The van der Waals surface area contributed by atoms with Crippen LogP contribution in [0.25, 0.3) is 0 Å². The normalized spacial score (nSPS) is 15.7. The SMILES string of the molecule is Cc1ccc(S(=O)(=O)N(CC(=O)N2CCN(C)CC2)Cc2ccc(Cl)cc2)cc1. The molecule has 3 rings (SSSR count). The Morgan fingerprint density at radius 1 is 1.00 bits per heavy atom. The lowest BCUT2D eigenvalue weighted by molar-refractivity contribution is -0.133. The first kappa shape index (κ1) is 21.8. The third-order valence-electron chi connectivity index (χ3n) is 5.10. The molecule has 0 aliphatic carbocycles. The van der Waals surface area contributed by atoms with Crippen LogP contribution in [0.15, 0.2) is 53.4 Å². The molecule has 2 aromatic rings. The predicted octanol–water partition coefficient (Wildman–Crippen LogP) is 2.61. The van der Waals surface area contributed by atoms with E-state index >= 15 is 0 Å². The van der Waals surface area contributed by atoms with Crippen molar-refractivity contribution in [3.05, 3.63) is 64.7 Å². The van der Waals surface area contributed by atoms with E-state index in [4.69, 9.17) is 11.6 Å². The number of aryl methyl sites for hydroxylation is 1. The van der Waals surface area contributed by atoms with Crippen LogP contribution in [0.3, 0.4) is 0 Å². The van der Waals surface area contributed by atoms with Crippen LogP contribution in [0.1, 0.15) is 11.1 Å². The van der Waals surface area contributed by atoms with E-state index in [0.29, 0.717) is 18.1 Å². The Hall–Kier alpha value is -1.93. The largest absolute Gasteiger partial charge is 0.339 e. The molecule has 8 heteroatoms. The number of hydrogen-bond acceptors (Lipinski definition) is 4. The molecule has 156 valence electrons. The zero-order valence-electron chi connectivity index (χ0n) is 16.7. The van der Waals surface area contributed by atoms with Crippen LogP contribution >= 0.6 is 11.6 Å². The Balaban J connectivity index is 1.85. The highest BCUT2D eigenvalue weighted by atomic mass is 35.5. The van der Waals surface area contributed by atoms with Crippen LogP contribution in [0, 0.1) is 6.92 Å². The minimum absolute atomic E-state index is 0.104. The van der Waals surface area contributed by atoms with Crippen molar-refractivity contribution < 1.29 is 13.2 Å². The van der Waals surface area contributed by atoms with E-state index in [0.717, 1.165) is 24.2 Å². The van der Waals surface area contributed by atoms with Gasteiger partial charge in [0.1, 0.15) is 0 Å². The van der Waals surface area contributed by atoms with Gasteiger partial charge in [-0.25, -0.2) is 8.42 Å². The van der Waals surface area contributed by atoms with Gasteiger partial charge in [0.15, 0.2) is 0 Å². The number of rotatable bonds is 6. The first-order chi connectivity index (χ1) is 13.8. The van der Waals surface area contributed by atoms with Gasteiger partial charge < -0.3 is 9.80 Å². The summed E-state index contributed by atoms with van der Waals surface area (Å²) in [7, 11) is -1.82. The molecule has 0 saturated carbocycles. The van der Waals surface area contributed by atoms with Gasteiger partial charge in [-0.1, -0.05) is 41.4 Å². The van der Waals surface area contributed by atoms with Gasteiger partial charge in [0.05, 0.1) is 11.4 Å². The second-order valence-electron chi connectivity index (χ2n) is 7.40. The monoisotopic (exact) mass is 435 g/mol. The first-order valence-corrected chi connectivity index (χ1v) is 11.3. The van der Waals surface area contributed by atoms with Gasteiger partial charge in [-0.15, -0.1) is 0 Å². The topological polar surface area (TPSA) is 60.9 Å². The van der Waals surface area contributed by atoms with Crippen molar-refractivity contribution in [1.82, 2.24) is 14.1 Å². The zero-order chi connectivity index (χ0) is 21.0. The van der Waals surface area contributed by atoms with E-state index in [-0.39, 0.29) is 23.9 Å². The Morgan fingerprint density at radius 3 is 2.17 bits per heavy atom. The van der Waals surface area contributed by atoms with Gasteiger partial charge >= 0.3 is 0 Å². The molecule has 0 bridgehead atoms. The van der Waals surface area contributed by atoms with Crippen molar-refractivity contribution in [3.63, 3.8) is 0 Å². The molecule has 0 radical (unpaired) electrons. The lowest BCUT2D eigenvalue weighted by atomic mass is 10.2. The second kappa shape index (κ2) is 9.26. The molecular weight excluding hydrogens is 410 g/mol. The molecular formula is C21H26ClN3O3S. The third kappa shape index (κ3) is 5.57. The Bertz CT molecular complexity index is 938. The van der Waals surface area contributed by atoms with E-state index < -0.39 is 10.0 Å². The molecule has 29 heavy (non-hydrogen) atoms. The van der Waals surface area contributed by atoms with Crippen LogP contribution in [-0.2, 0) is 21.4 Å². The smallest absolute Gasteiger partial charge is 0.243 e. The number of piperazine rings is 1. The number of halogens is 1. The number of hydrogen-bond donors (Lipinski definition) is 0. The van der Waals surface area contributed by atoms with E-state index in [1.807, 2.05) is 14.0 Å². The number of likely N-dealkylation sites (N-methyl/N-ethyl adjacent to an activating group) is 1. The summed E-state index contributed by atoms with van der Waals surface area (Å²) >= 11 is 5.95. The summed E-state index contributed by atoms with van der Waals surface area (Å²) in [5.41, 5.74) is 1.75. The summed E-state index contributed by atoms with van der Waals surface area (Å²) in [5, 5.41) is 0.579. The van der Waals surface area contributed by atoms with Crippen LogP contribution < -0.4 is 0 Å². The quantitative estimate of drug-likeness (QED) is 0.699. The second-order valence-corrected chi connectivity index (χ2v) is 9.77. The summed E-state index contributed by atoms with van der Waals surface area (Å²) in [6.45, 7) is 4.60. The molecule has 1 aliphatic rings. The molecule has 1 heterocycles. The number of benzene rings is 2. The molecule has 0 spiro atoms. The maximum absolute atomic E-state index is 13.3. The fraction of sp³-hybridized carbons (Fsp3) is 0.381. The molecule has 1 saturated heterocycles. The fourth-order valence-electron chi connectivity index (χ4n) is 3.19. The van der Waals surface area contributed by atoms with Crippen LogP contribution in [0.2, 0.25) is 5.02 Å². The molecule has 6 nitrogen and oxygen atoms in total. The molecule has 0 unspecified atom stereocenters. The van der Waals surface area contributed by atoms with Gasteiger partial charge in [-0.05, 0) is 43.8 Å². The lowest BCUT2D eigenvalue weighted by Gasteiger charge is -2.33. The van der Waals surface area contributed by atoms with Gasteiger partial charge in [0.2, 0.25) is 15.9 Å². The van der Waals surface area contributed by atoms with E-state index in [1.165, 1.54) is 4.31 Å². The summed E-state index contributed by atoms with van der Waals surface area (Å²) in [5.74, 6) is -0.178. The minimum atomic E-state index is -3.83. The maximum Gasteiger partial charge on any atom is 0.243 e. The average molecular weight is 436 g/mol. The summed E-state index contributed by atoms with van der Waals surface area (Å²) in [4.78, 5) is 16.9. The standard InChI is InChI=1S/C21H26ClN3O3S/c1-17-3-9-20(10-4-17)29(27,28)25(15-18-5-7-19(22)8-6-18)16-21(26)24-13-11-23(2)12-14-24/h3-10H,11-16H2,1-2H3. The molecule has 1 aliphatic heterocycles. The fourth-order valence-corrected chi connectivity index (χ4v) is 4.69. The number of carbonyl (C=O) groups excluding carboxylic acids is 1. The number of amides is 1. The number of nitrogens with zero attached hydrogens (tertiary/aromatic N) is 3. The van der Waals surface area contributed by atoms with Gasteiger partial charge in [-0.2, -0.15) is 4.31 Å².